The van der Waals surface area contributed by atoms with Gasteiger partial charge in [0.1, 0.15) is 0 Å². The van der Waals surface area contributed by atoms with Crippen molar-refractivity contribution in [2.24, 2.45) is 0 Å². The van der Waals surface area contributed by atoms with Crippen LogP contribution in [0.3, 0.4) is 0 Å². The molecule has 2 aromatic rings. The zero-order valence-corrected chi connectivity index (χ0v) is 19.1. The summed E-state index contributed by atoms with van der Waals surface area (Å²) in [6.45, 7) is 1.81. The molecule has 0 aliphatic rings. The number of benzene rings is 2. The first-order valence-corrected chi connectivity index (χ1v) is 10.1. The second kappa shape index (κ2) is 14.0. The topological polar surface area (TPSA) is 107 Å². The molecule has 0 atom stereocenters. The minimum atomic E-state index is -1.26. The number of rotatable bonds is 9. The number of carboxylic acids is 2. The molecule has 0 unspecified atom stereocenters. The molecule has 0 aliphatic heterocycles. The number of nitrogens with zero attached hydrogens (tertiary/aromatic N) is 1. The molecular formula is C23H24Cl2N2O5. The van der Waals surface area contributed by atoms with Crippen molar-refractivity contribution in [1.82, 2.24) is 4.90 Å². The number of carbonyl (C=O) groups excluding carboxylic acids is 1. The summed E-state index contributed by atoms with van der Waals surface area (Å²) in [4.78, 5) is 33.4. The van der Waals surface area contributed by atoms with E-state index in [4.69, 9.17) is 33.4 Å². The number of likely N-dealkylation sites (N-methyl/N-ethyl adjacent to an activating group) is 1. The van der Waals surface area contributed by atoms with Crippen molar-refractivity contribution in [1.29, 1.82) is 0 Å². The van der Waals surface area contributed by atoms with Crippen LogP contribution in [0, 0.1) is 0 Å². The van der Waals surface area contributed by atoms with Gasteiger partial charge in [0.05, 0.1) is 0 Å². The fourth-order valence-electron chi connectivity index (χ4n) is 2.22. The summed E-state index contributed by atoms with van der Waals surface area (Å²) in [7, 11) is 4.06. The molecule has 2 aromatic carbocycles. The highest BCUT2D eigenvalue weighted by molar-refractivity contribution is 6.35. The quantitative estimate of drug-likeness (QED) is 0.357. The zero-order chi connectivity index (χ0) is 24.1. The maximum Gasteiger partial charge on any atom is 0.328 e. The fraction of sp³-hybridized carbons (Fsp3) is 0.174. The van der Waals surface area contributed by atoms with E-state index < -0.39 is 11.9 Å². The number of aliphatic carboxylic acids is 2. The molecule has 0 aliphatic carbocycles. The first-order valence-electron chi connectivity index (χ1n) is 9.38. The van der Waals surface area contributed by atoms with Crippen molar-refractivity contribution >= 4 is 52.7 Å². The average Bonchev–Trinajstić information content (AvgIpc) is 2.72. The van der Waals surface area contributed by atoms with Crippen LogP contribution in [0.5, 0.6) is 0 Å². The SMILES string of the molecule is CN(C)CCNc1ccc(C(=O)/C=C/c2ccc(Cl)cc2Cl)cc1.O=C(O)/C=C/C(=O)O. The molecule has 0 heterocycles. The van der Waals surface area contributed by atoms with Crippen LogP contribution in [-0.4, -0.2) is 60.0 Å². The number of ketones is 1. The second-order valence-electron chi connectivity index (χ2n) is 6.68. The molecular weight excluding hydrogens is 455 g/mol. The van der Waals surface area contributed by atoms with Gasteiger partial charge in [-0.2, -0.15) is 0 Å². The maximum atomic E-state index is 12.2. The van der Waals surface area contributed by atoms with E-state index in [1.54, 1.807) is 24.3 Å². The molecule has 0 aromatic heterocycles. The molecule has 9 heteroatoms. The van der Waals surface area contributed by atoms with Crippen LogP contribution < -0.4 is 5.32 Å². The third-order valence-corrected chi connectivity index (χ3v) is 4.37. The van der Waals surface area contributed by atoms with Gasteiger partial charge in [0, 0.05) is 46.5 Å². The van der Waals surface area contributed by atoms with Gasteiger partial charge in [-0.1, -0.05) is 29.3 Å². The lowest BCUT2D eigenvalue weighted by atomic mass is 10.1. The van der Waals surface area contributed by atoms with Gasteiger partial charge in [0.25, 0.3) is 0 Å². The van der Waals surface area contributed by atoms with Gasteiger partial charge in [-0.25, -0.2) is 9.59 Å². The Hall–Kier alpha value is -3.13. The summed E-state index contributed by atoms with van der Waals surface area (Å²) in [5.74, 6) is -2.58. The van der Waals surface area contributed by atoms with Crippen molar-refractivity contribution < 1.29 is 24.6 Å². The average molecular weight is 479 g/mol. The molecule has 0 spiro atoms. The predicted molar refractivity (Wildman–Crippen MR) is 128 cm³/mol. The first kappa shape index (κ1) is 26.9. The molecule has 2 rings (SSSR count). The summed E-state index contributed by atoms with van der Waals surface area (Å²) in [6.07, 6.45) is 4.33. The van der Waals surface area contributed by atoms with E-state index in [1.807, 2.05) is 38.4 Å². The Balaban J connectivity index is 0.000000547. The van der Waals surface area contributed by atoms with Crippen LogP contribution in [0.25, 0.3) is 6.08 Å². The molecule has 3 N–H and O–H groups in total. The molecule has 0 amide bonds. The van der Waals surface area contributed by atoms with Crippen molar-refractivity contribution in [2.75, 3.05) is 32.5 Å². The van der Waals surface area contributed by atoms with Gasteiger partial charge in [-0.15, -0.1) is 0 Å². The lowest BCUT2D eigenvalue weighted by Crippen LogP contribution is -2.20. The highest BCUT2D eigenvalue weighted by atomic mass is 35.5. The summed E-state index contributed by atoms with van der Waals surface area (Å²) >= 11 is 12.0. The maximum absolute atomic E-state index is 12.2. The molecule has 0 bridgehead atoms. The largest absolute Gasteiger partial charge is 0.478 e. The fourth-order valence-corrected chi connectivity index (χ4v) is 2.69. The molecule has 7 nitrogen and oxygen atoms in total. The standard InChI is InChI=1S/C19H20Cl2N2O.C4H4O4/c1-23(2)12-11-22-17-8-4-15(5-9-17)19(24)10-6-14-3-7-16(20)13-18(14)21;5-3(6)1-2-4(7)8/h3-10,13,22H,11-12H2,1-2H3;1-2H,(H,5,6)(H,7,8)/b10-6+;2-1+. The Kier molecular flexibility index (Phi) is 11.8. The first-order chi connectivity index (χ1) is 15.1. The minimum absolute atomic E-state index is 0.0686. The minimum Gasteiger partial charge on any atom is -0.478 e. The summed E-state index contributed by atoms with van der Waals surface area (Å²) in [5.41, 5.74) is 2.39. The molecule has 0 saturated carbocycles. The Morgan fingerprint density at radius 2 is 1.53 bits per heavy atom. The van der Waals surface area contributed by atoms with Gasteiger partial charge >= 0.3 is 11.9 Å². The number of carboxylic acid groups (broad SMARTS) is 2. The predicted octanol–water partition coefficient (Wildman–Crippen LogP) is 4.57. The van der Waals surface area contributed by atoms with E-state index >= 15 is 0 Å². The summed E-state index contributed by atoms with van der Waals surface area (Å²) in [6, 6.07) is 12.6. The van der Waals surface area contributed by atoms with Crippen molar-refractivity contribution in [3.8, 4) is 0 Å². The Morgan fingerprint density at radius 1 is 0.938 bits per heavy atom. The van der Waals surface area contributed by atoms with E-state index in [-0.39, 0.29) is 5.78 Å². The van der Waals surface area contributed by atoms with E-state index in [0.29, 0.717) is 27.8 Å². The van der Waals surface area contributed by atoms with E-state index in [0.717, 1.165) is 24.3 Å². The Labute approximate surface area is 196 Å². The highest BCUT2D eigenvalue weighted by Crippen LogP contribution is 2.22. The number of hydrogen-bond acceptors (Lipinski definition) is 5. The monoisotopic (exact) mass is 478 g/mol. The van der Waals surface area contributed by atoms with Crippen LogP contribution in [0.1, 0.15) is 15.9 Å². The Bertz CT molecular complexity index is 970. The van der Waals surface area contributed by atoms with Crippen LogP contribution in [0.15, 0.2) is 60.7 Å². The van der Waals surface area contributed by atoms with Crippen molar-refractivity contribution in [3.63, 3.8) is 0 Å². The van der Waals surface area contributed by atoms with Crippen LogP contribution in [0.2, 0.25) is 10.0 Å². The lowest BCUT2D eigenvalue weighted by molar-refractivity contribution is -0.134. The van der Waals surface area contributed by atoms with Gasteiger partial charge in [-0.05, 0) is 68.2 Å². The van der Waals surface area contributed by atoms with E-state index in [1.165, 1.54) is 6.08 Å². The molecule has 0 saturated heterocycles. The Morgan fingerprint density at radius 3 is 2.03 bits per heavy atom. The van der Waals surface area contributed by atoms with Crippen molar-refractivity contribution in [2.45, 2.75) is 0 Å². The van der Waals surface area contributed by atoms with Crippen molar-refractivity contribution in [3.05, 3.63) is 81.9 Å². The van der Waals surface area contributed by atoms with E-state index in [2.05, 4.69) is 10.2 Å². The van der Waals surface area contributed by atoms with E-state index in [9.17, 15) is 14.4 Å². The van der Waals surface area contributed by atoms with Crippen LogP contribution in [0.4, 0.5) is 5.69 Å². The summed E-state index contributed by atoms with van der Waals surface area (Å²) < 4.78 is 0. The number of hydrogen-bond donors (Lipinski definition) is 3. The van der Waals surface area contributed by atoms with Crippen LogP contribution >= 0.6 is 23.2 Å². The molecule has 0 radical (unpaired) electrons. The highest BCUT2D eigenvalue weighted by Gasteiger charge is 2.03. The zero-order valence-electron chi connectivity index (χ0n) is 17.6. The molecule has 32 heavy (non-hydrogen) atoms. The number of carbonyl (C=O) groups is 3. The summed E-state index contributed by atoms with van der Waals surface area (Å²) in [5, 5.41) is 20.0. The number of anilines is 1. The van der Waals surface area contributed by atoms with Gasteiger partial charge in [-0.3, -0.25) is 4.79 Å². The second-order valence-corrected chi connectivity index (χ2v) is 7.52. The third-order valence-electron chi connectivity index (χ3n) is 3.80. The van der Waals surface area contributed by atoms with Gasteiger partial charge in [0.2, 0.25) is 0 Å². The van der Waals surface area contributed by atoms with Gasteiger partial charge in [0.15, 0.2) is 5.78 Å². The smallest absolute Gasteiger partial charge is 0.328 e. The molecule has 170 valence electrons. The normalized spacial score (nSPS) is 10.8. The van der Waals surface area contributed by atoms with Gasteiger partial charge < -0.3 is 20.4 Å². The number of nitrogens with one attached hydrogen (secondary N) is 1. The lowest BCUT2D eigenvalue weighted by Gasteiger charge is -2.11. The van der Waals surface area contributed by atoms with Crippen LogP contribution in [-0.2, 0) is 9.59 Å². The third kappa shape index (κ3) is 11.3. The number of halogens is 2. The molecule has 0 fully saturated rings. The number of allylic oxidation sites excluding steroid dienone is 1.